The van der Waals surface area contributed by atoms with Gasteiger partial charge < -0.3 is 9.64 Å². The van der Waals surface area contributed by atoms with Gasteiger partial charge in [-0.1, -0.05) is 25.2 Å². The summed E-state index contributed by atoms with van der Waals surface area (Å²) in [4.78, 5) is 21.6. The van der Waals surface area contributed by atoms with Crippen LogP contribution in [0.3, 0.4) is 0 Å². The van der Waals surface area contributed by atoms with Crippen LogP contribution in [0.25, 0.3) is 10.2 Å². The number of aromatic nitrogens is 1. The minimum Gasteiger partial charge on any atom is -0.373 e. The van der Waals surface area contributed by atoms with Crippen molar-refractivity contribution in [2.24, 2.45) is 0 Å². The molecule has 38 heavy (non-hydrogen) atoms. The van der Waals surface area contributed by atoms with Crippen LogP contribution in [0, 0.1) is 11.6 Å². The summed E-state index contributed by atoms with van der Waals surface area (Å²) in [6.45, 7) is 10.6. The third-order valence-electron chi connectivity index (χ3n) is 6.54. The Morgan fingerprint density at radius 3 is 2.32 bits per heavy atom. The number of carbonyl (C=O) groups is 1. The first kappa shape index (κ1) is 28.5. The van der Waals surface area contributed by atoms with E-state index in [4.69, 9.17) is 4.74 Å². The average Bonchev–Trinajstić information content (AvgIpc) is 3.30. The van der Waals surface area contributed by atoms with Crippen LogP contribution in [0.1, 0.15) is 38.1 Å². The summed E-state index contributed by atoms with van der Waals surface area (Å²) in [5.41, 5.74) is 0.264. The molecular weight excluding hydrogens is 534 g/mol. The predicted octanol–water partition coefficient (Wildman–Crippen LogP) is 4.36. The molecule has 1 fully saturated rings. The normalized spacial score (nSPS) is 18.8. The van der Waals surface area contributed by atoms with Gasteiger partial charge in [0.25, 0.3) is 5.91 Å². The molecule has 3 aromatic rings. The van der Waals surface area contributed by atoms with Crippen LogP contribution in [0.15, 0.2) is 41.3 Å². The molecule has 4 rings (SSSR count). The topological polar surface area (TPSA) is 83.1 Å². The zero-order valence-electron chi connectivity index (χ0n) is 21.9. The maximum Gasteiger partial charge on any atom is 0.260 e. The van der Waals surface area contributed by atoms with Crippen LogP contribution in [-0.4, -0.2) is 80.0 Å². The van der Waals surface area contributed by atoms with E-state index < -0.39 is 27.6 Å². The van der Waals surface area contributed by atoms with Crippen molar-refractivity contribution in [1.82, 2.24) is 14.2 Å². The third kappa shape index (κ3) is 6.04. The highest BCUT2D eigenvalue weighted by Crippen LogP contribution is 2.32. The monoisotopic (exact) mass is 566 g/mol. The second kappa shape index (κ2) is 11.7. The minimum atomic E-state index is -3.76. The second-order valence-corrected chi connectivity index (χ2v) is 12.3. The fourth-order valence-electron chi connectivity index (χ4n) is 4.53. The fraction of sp³-hybridized carbons (Fsp3) is 0.462. The Kier molecular flexibility index (Phi) is 8.78. The van der Waals surface area contributed by atoms with E-state index in [9.17, 15) is 22.0 Å². The van der Waals surface area contributed by atoms with Gasteiger partial charge in [-0.3, -0.25) is 9.69 Å². The molecule has 2 atom stereocenters. The number of halogens is 2. The highest BCUT2D eigenvalue weighted by Gasteiger charge is 2.32. The molecule has 1 aliphatic rings. The van der Waals surface area contributed by atoms with Gasteiger partial charge in [-0.15, -0.1) is 0 Å². The Labute approximate surface area is 225 Å². The molecule has 2 heterocycles. The van der Waals surface area contributed by atoms with Crippen LogP contribution < -0.4 is 4.90 Å². The Hall–Kier alpha value is -2.51. The molecule has 1 aliphatic heterocycles. The van der Waals surface area contributed by atoms with E-state index >= 15 is 0 Å². The standard InChI is InChI=1S/C26H32F2N4O4S2/c1-5-30(6-2)11-12-32(26-29-24-22(28)13-20(27)14-23(24)37-26)25(33)19-7-9-21(10-8-19)38(34,35)31-15-17(3)36-18(4)16-31/h7-10,13-14,17-18H,5-6,11-12,15-16H2,1-4H3. The molecule has 8 nitrogen and oxygen atoms in total. The zero-order chi connectivity index (χ0) is 27.6. The number of carbonyl (C=O) groups excluding carboxylic acids is 1. The molecule has 1 amide bonds. The Bertz CT molecular complexity index is 1380. The minimum absolute atomic E-state index is 0.00227. The molecule has 2 unspecified atom stereocenters. The highest BCUT2D eigenvalue weighted by molar-refractivity contribution is 7.89. The average molecular weight is 567 g/mol. The van der Waals surface area contributed by atoms with Gasteiger partial charge in [0.1, 0.15) is 11.3 Å². The number of nitrogens with zero attached hydrogens (tertiary/aromatic N) is 4. The predicted molar refractivity (Wildman–Crippen MR) is 144 cm³/mol. The van der Waals surface area contributed by atoms with Crippen LogP contribution in [0.4, 0.5) is 13.9 Å². The first-order valence-corrected chi connectivity index (χ1v) is 14.8. The van der Waals surface area contributed by atoms with Crippen molar-refractivity contribution in [2.75, 3.05) is 44.2 Å². The van der Waals surface area contributed by atoms with E-state index in [0.717, 1.165) is 30.5 Å². The Balaban J connectivity index is 1.63. The van der Waals surface area contributed by atoms with E-state index in [2.05, 4.69) is 9.88 Å². The van der Waals surface area contributed by atoms with Gasteiger partial charge >= 0.3 is 0 Å². The third-order valence-corrected chi connectivity index (χ3v) is 9.41. The maximum absolute atomic E-state index is 14.4. The van der Waals surface area contributed by atoms with Gasteiger partial charge in [0.2, 0.25) is 10.0 Å². The number of sulfonamides is 1. The summed E-state index contributed by atoms with van der Waals surface area (Å²) < 4.78 is 61.9. The van der Waals surface area contributed by atoms with Gasteiger partial charge in [0.05, 0.1) is 21.8 Å². The summed E-state index contributed by atoms with van der Waals surface area (Å²) in [5, 5.41) is 0.245. The fourth-order valence-corrected chi connectivity index (χ4v) is 7.15. The molecule has 0 N–H and O–H groups in total. The number of hydrogen-bond acceptors (Lipinski definition) is 7. The lowest BCUT2D eigenvalue weighted by Gasteiger charge is -2.34. The van der Waals surface area contributed by atoms with E-state index in [1.54, 1.807) is 0 Å². The van der Waals surface area contributed by atoms with Crippen LogP contribution >= 0.6 is 11.3 Å². The van der Waals surface area contributed by atoms with Crippen molar-refractivity contribution in [3.63, 3.8) is 0 Å². The smallest absolute Gasteiger partial charge is 0.260 e. The van der Waals surface area contributed by atoms with Crippen molar-refractivity contribution < 1.29 is 26.7 Å². The van der Waals surface area contributed by atoms with Crippen LogP contribution in [0.5, 0.6) is 0 Å². The molecule has 2 aromatic carbocycles. The molecule has 206 valence electrons. The largest absolute Gasteiger partial charge is 0.373 e. The van der Waals surface area contributed by atoms with Gasteiger partial charge in [-0.25, -0.2) is 22.2 Å². The molecule has 0 bridgehead atoms. The number of hydrogen-bond donors (Lipinski definition) is 0. The van der Waals surface area contributed by atoms with E-state index in [0.29, 0.717) is 11.2 Å². The number of rotatable bonds is 9. The van der Waals surface area contributed by atoms with Crippen molar-refractivity contribution in [1.29, 1.82) is 0 Å². The van der Waals surface area contributed by atoms with Crippen molar-refractivity contribution >= 4 is 42.6 Å². The number of anilines is 1. The molecule has 0 saturated carbocycles. The number of fused-ring (bicyclic) bond motifs is 1. The highest BCUT2D eigenvalue weighted by atomic mass is 32.2. The van der Waals surface area contributed by atoms with Crippen molar-refractivity contribution in [2.45, 2.75) is 44.8 Å². The molecule has 12 heteroatoms. The summed E-state index contributed by atoms with van der Waals surface area (Å²) in [6.07, 6.45) is -0.443. The van der Waals surface area contributed by atoms with E-state index in [1.807, 2.05) is 27.7 Å². The number of ether oxygens (including phenoxy) is 1. The Morgan fingerprint density at radius 2 is 1.71 bits per heavy atom. The van der Waals surface area contributed by atoms with Crippen LogP contribution in [-0.2, 0) is 14.8 Å². The number of thiazole rings is 1. The summed E-state index contributed by atoms with van der Waals surface area (Å²) >= 11 is 1.03. The van der Waals surface area contributed by atoms with Gasteiger partial charge in [-0.2, -0.15) is 4.31 Å². The lowest BCUT2D eigenvalue weighted by Crippen LogP contribution is -2.48. The number of morpholine rings is 1. The van der Waals surface area contributed by atoms with Gasteiger partial charge in [0.15, 0.2) is 10.9 Å². The second-order valence-electron chi connectivity index (χ2n) is 9.32. The molecule has 1 aromatic heterocycles. The molecular formula is C26H32F2N4O4S2. The van der Waals surface area contributed by atoms with Gasteiger partial charge in [-0.05, 0) is 57.3 Å². The van der Waals surface area contributed by atoms with Crippen molar-refractivity contribution in [3.05, 3.63) is 53.6 Å². The molecule has 0 spiro atoms. The summed E-state index contributed by atoms with van der Waals surface area (Å²) in [7, 11) is -3.76. The first-order valence-electron chi connectivity index (χ1n) is 12.6. The SMILES string of the molecule is CCN(CC)CCN(C(=O)c1ccc(S(=O)(=O)N2CC(C)OC(C)C2)cc1)c1nc2c(F)cc(F)cc2s1. The lowest BCUT2D eigenvalue weighted by atomic mass is 10.2. The zero-order valence-corrected chi connectivity index (χ0v) is 23.5. The summed E-state index contributed by atoms with van der Waals surface area (Å²) in [6, 6.07) is 7.75. The number of amides is 1. The van der Waals surface area contributed by atoms with Gasteiger partial charge in [0, 0.05) is 37.8 Å². The quantitative estimate of drug-likeness (QED) is 0.383. The molecule has 0 aliphatic carbocycles. The molecule has 0 radical (unpaired) electrons. The first-order chi connectivity index (χ1) is 18.0. The Morgan fingerprint density at radius 1 is 1.08 bits per heavy atom. The van der Waals surface area contributed by atoms with E-state index in [1.165, 1.54) is 39.5 Å². The number of benzene rings is 2. The maximum atomic E-state index is 14.4. The lowest BCUT2D eigenvalue weighted by molar-refractivity contribution is -0.0440. The van der Waals surface area contributed by atoms with Crippen molar-refractivity contribution in [3.8, 4) is 0 Å². The number of likely N-dealkylation sites (N-methyl/N-ethyl adjacent to an activating group) is 1. The molecule has 1 saturated heterocycles. The van der Waals surface area contributed by atoms with E-state index in [-0.39, 0.29) is 52.9 Å². The summed E-state index contributed by atoms with van der Waals surface area (Å²) in [5.74, 6) is -1.92. The van der Waals surface area contributed by atoms with Crippen LogP contribution in [0.2, 0.25) is 0 Å².